The molecule has 0 aliphatic carbocycles. The van der Waals surface area contributed by atoms with Crippen LogP contribution in [0, 0.1) is 0 Å². The Morgan fingerprint density at radius 2 is 1.92 bits per heavy atom. The van der Waals surface area contributed by atoms with Crippen LogP contribution in [0.1, 0.15) is 33.1 Å². The fraction of sp³-hybridized carbons (Fsp3) is 0.889. The summed E-state index contributed by atoms with van der Waals surface area (Å²) in [4.78, 5) is 15.4. The predicted molar refractivity (Wildman–Crippen MR) is 53.6 cm³/mol. The van der Waals surface area contributed by atoms with E-state index in [-0.39, 0.29) is 5.97 Å². The van der Waals surface area contributed by atoms with Crippen LogP contribution < -0.4 is 0 Å². The minimum atomic E-state index is -2.37. The molecule has 0 rings (SSSR count). The van der Waals surface area contributed by atoms with Gasteiger partial charge in [0.25, 0.3) is 0 Å². The molecule has 0 spiro atoms. The van der Waals surface area contributed by atoms with Crippen molar-refractivity contribution in [2.24, 2.45) is 0 Å². The summed E-state index contributed by atoms with van der Waals surface area (Å²) in [7, 11) is 0. The van der Waals surface area contributed by atoms with E-state index < -0.39 is 18.8 Å². The molecule has 0 saturated heterocycles. The van der Waals surface area contributed by atoms with E-state index in [1.54, 1.807) is 0 Å². The van der Waals surface area contributed by atoms with Crippen molar-refractivity contribution in [3.8, 4) is 0 Å². The Kier molecular flexibility index (Phi) is 5.97. The third kappa shape index (κ3) is 5.86. The molecule has 0 aliphatic heterocycles. The molecule has 12 heavy (non-hydrogen) atoms. The second kappa shape index (κ2) is 5.84. The number of unbranched alkanes of at least 4 members (excludes halogenated alkanes) is 1. The minimum absolute atomic E-state index is 0.00750. The molecule has 0 aliphatic rings. The Morgan fingerprint density at radius 3 is 2.33 bits per heavy atom. The van der Waals surface area contributed by atoms with E-state index in [2.05, 4.69) is 16.8 Å². The first kappa shape index (κ1) is 12.3. The summed E-state index contributed by atoms with van der Waals surface area (Å²) >= 11 is -2.37. The van der Waals surface area contributed by atoms with Crippen LogP contribution in [0.25, 0.3) is 0 Å². The van der Waals surface area contributed by atoms with E-state index in [0.717, 1.165) is 4.44 Å². The fourth-order valence-electron chi connectivity index (χ4n) is 1.03. The number of carbonyl (C=O) groups is 1. The Hall–Kier alpha value is 0.269. The zero-order chi connectivity index (χ0) is 9.61. The molecule has 72 valence electrons. The van der Waals surface area contributed by atoms with Gasteiger partial charge in [-0.15, -0.1) is 0 Å². The standard InChI is InChI=1S/C4H9.C3H6O2.2CH3.Sn/c1-3-4-2;1-2-3(4)5;;;/h1,3-4H2,2H3;2H2,1H3,(H,4,5);2*1H3;/q;;;;+1/p-1. The average Bonchev–Trinajstić information content (AvgIpc) is 2.00. The van der Waals surface area contributed by atoms with E-state index >= 15 is 0 Å². The summed E-state index contributed by atoms with van der Waals surface area (Å²) in [5.41, 5.74) is 0. The summed E-state index contributed by atoms with van der Waals surface area (Å²) in [6.07, 6.45) is 2.93. The van der Waals surface area contributed by atoms with Gasteiger partial charge in [-0.25, -0.2) is 0 Å². The number of rotatable bonds is 5. The van der Waals surface area contributed by atoms with Crippen LogP contribution in [-0.2, 0) is 7.87 Å². The van der Waals surface area contributed by atoms with E-state index in [9.17, 15) is 4.79 Å². The Balaban J connectivity index is 3.77. The summed E-state index contributed by atoms with van der Waals surface area (Å²) in [5, 5.41) is 0. The molecular weight excluding hydrogens is 259 g/mol. The molecule has 0 bridgehead atoms. The Labute approximate surface area is 80.1 Å². The summed E-state index contributed by atoms with van der Waals surface area (Å²) in [6.45, 7) is 4.02. The van der Waals surface area contributed by atoms with Gasteiger partial charge in [0.2, 0.25) is 0 Å². The summed E-state index contributed by atoms with van der Waals surface area (Å²) in [6, 6.07) is 0. The SMILES string of the molecule is CCC[CH2][Sn]([CH3])([CH3])[O]C(=O)CC. The number of hydrogen-bond acceptors (Lipinski definition) is 2. The van der Waals surface area contributed by atoms with Crippen LogP contribution in [0.2, 0.25) is 14.3 Å². The van der Waals surface area contributed by atoms with Gasteiger partial charge in [-0.05, 0) is 0 Å². The van der Waals surface area contributed by atoms with Crippen LogP contribution in [-0.4, -0.2) is 24.8 Å². The van der Waals surface area contributed by atoms with Crippen molar-refractivity contribution in [1.82, 2.24) is 0 Å². The second-order valence-corrected chi connectivity index (χ2v) is 15.7. The molecule has 0 radical (unpaired) electrons. The maximum atomic E-state index is 11.0. The van der Waals surface area contributed by atoms with Crippen molar-refractivity contribution >= 4 is 24.8 Å². The molecule has 0 amide bonds. The third-order valence-electron chi connectivity index (χ3n) is 1.81. The number of carbonyl (C=O) groups excluding carboxylic acids is 1. The zero-order valence-corrected chi connectivity index (χ0v) is 11.5. The quantitative estimate of drug-likeness (QED) is 0.723. The fourth-order valence-corrected chi connectivity index (χ4v) is 6.94. The number of hydrogen-bond donors (Lipinski definition) is 0. The summed E-state index contributed by atoms with van der Waals surface area (Å²) in [5.74, 6) is -0.00750. The van der Waals surface area contributed by atoms with Gasteiger partial charge in [-0.2, -0.15) is 0 Å². The molecule has 0 aromatic heterocycles. The van der Waals surface area contributed by atoms with Crippen LogP contribution in [0.4, 0.5) is 0 Å². The van der Waals surface area contributed by atoms with Crippen LogP contribution in [0.3, 0.4) is 0 Å². The van der Waals surface area contributed by atoms with E-state index in [1.807, 2.05) is 6.92 Å². The van der Waals surface area contributed by atoms with Gasteiger partial charge in [0.15, 0.2) is 0 Å². The maximum absolute atomic E-state index is 11.0. The van der Waals surface area contributed by atoms with Gasteiger partial charge in [0.1, 0.15) is 0 Å². The first-order chi connectivity index (χ1) is 5.52. The van der Waals surface area contributed by atoms with Gasteiger partial charge in [0, 0.05) is 0 Å². The van der Waals surface area contributed by atoms with Crippen molar-refractivity contribution in [2.45, 2.75) is 47.4 Å². The Morgan fingerprint density at radius 1 is 1.33 bits per heavy atom. The Bertz CT molecular complexity index is 143. The first-order valence-corrected chi connectivity index (χ1v) is 13.6. The first-order valence-electron chi connectivity index (χ1n) is 4.73. The third-order valence-corrected chi connectivity index (χ3v) is 8.48. The average molecular weight is 279 g/mol. The van der Waals surface area contributed by atoms with Crippen molar-refractivity contribution < 1.29 is 7.87 Å². The van der Waals surface area contributed by atoms with Gasteiger partial charge >= 0.3 is 80.1 Å². The topological polar surface area (TPSA) is 26.3 Å². The second-order valence-electron chi connectivity index (χ2n) is 3.69. The molecule has 0 heterocycles. The van der Waals surface area contributed by atoms with Gasteiger partial charge in [0.05, 0.1) is 0 Å². The van der Waals surface area contributed by atoms with Gasteiger partial charge in [-0.3, -0.25) is 0 Å². The van der Waals surface area contributed by atoms with Crippen molar-refractivity contribution in [3.63, 3.8) is 0 Å². The monoisotopic (exact) mass is 280 g/mol. The molecule has 2 nitrogen and oxygen atoms in total. The van der Waals surface area contributed by atoms with E-state index in [4.69, 9.17) is 3.07 Å². The molecule has 0 fully saturated rings. The van der Waals surface area contributed by atoms with Crippen molar-refractivity contribution in [1.29, 1.82) is 0 Å². The molecule has 0 aromatic carbocycles. The van der Waals surface area contributed by atoms with E-state index in [1.165, 1.54) is 12.8 Å². The van der Waals surface area contributed by atoms with Crippen molar-refractivity contribution in [3.05, 3.63) is 0 Å². The molecule has 0 aromatic rings. The molecular formula is C9H20O2Sn. The van der Waals surface area contributed by atoms with Gasteiger partial charge < -0.3 is 0 Å². The normalized spacial score (nSPS) is 11.3. The van der Waals surface area contributed by atoms with Crippen LogP contribution in [0.15, 0.2) is 0 Å². The van der Waals surface area contributed by atoms with Crippen LogP contribution >= 0.6 is 0 Å². The van der Waals surface area contributed by atoms with E-state index in [0.29, 0.717) is 6.42 Å². The molecule has 0 atom stereocenters. The summed E-state index contributed by atoms with van der Waals surface area (Å²) < 4.78 is 6.62. The zero-order valence-electron chi connectivity index (χ0n) is 8.64. The molecule has 3 heteroatoms. The molecule has 0 N–H and O–H groups in total. The van der Waals surface area contributed by atoms with Crippen LogP contribution in [0.5, 0.6) is 0 Å². The molecule has 0 saturated carbocycles. The van der Waals surface area contributed by atoms with Crippen molar-refractivity contribution in [2.75, 3.05) is 0 Å². The predicted octanol–water partition coefficient (Wildman–Crippen LogP) is 2.94. The molecule has 0 unspecified atom stereocenters. The van der Waals surface area contributed by atoms with Gasteiger partial charge in [-0.1, -0.05) is 0 Å².